The van der Waals surface area contributed by atoms with Crippen LogP contribution in [0.3, 0.4) is 0 Å². The van der Waals surface area contributed by atoms with E-state index in [0.717, 1.165) is 97.0 Å². The normalized spacial score (nSPS) is 11.0. The molecule has 0 fully saturated rings. The molecule has 0 radical (unpaired) electrons. The van der Waals surface area contributed by atoms with Crippen LogP contribution >= 0.6 is 0 Å². The second-order valence-corrected chi connectivity index (χ2v) is 34.4. The van der Waals surface area contributed by atoms with E-state index in [-0.39, 0.29) is 11.5 Å². The van der Waals surface area contributed by atoms with E-state index >= 15 is 0 Å². The highest BCUT2D eigenvalue weighted by Gasteiger charge is 2.16. The summed E-state index contributed by atoms with van der Waals surface area (Å²) in [7, 11) is 20.4. The minimum atomic E-state index is -3.35. The molecule has 0 amide bonds. The minimum absolute atomic E-state index is 0.249. The predicted molar refractivity (Wildman–Crippen MR) is 464 cm³/mol. The maximum atomic E-state index is 12.3. The lowest BCUT2D eigenvalue weighted by Gasteiger charge is -2.06. The van der Waals surface area contributed by atoms with Crippen LogP contribution in [0.2, 0.25) is 0 Å². The van der Waals surface area contributed by atoms with Gasteiger partial charge in [0.1, 0.15) is 0 Å². The average molecular weight is 1510 g/mol. The van der Waals surface area contributed by atoms with E-state index in [1.54, 1.807) is 43.3 Å². The Labute approximate surface area is 644 Å². The average Bonchev–Trinajstić information content (AvgIpc) is 0.816. The van der Waals surface area contributed by atoms with Crippen LogP contribution in [0.15, 0.2) is 227 Å². The van der Waals surface area contributed by atoms with E-state index in [2.05, 4.69) is 128 Å². The Hall–Kier alpha value is -6.97. The summed E-state index contributed by atoms with van der Waals surface area (Å²) >= 11 is 0. The molecule has 3 N–H and O–H groups in total. The molecule has 0 saturated heterocycles. The maximum absolute atomic E-state index is 12.3. The lowest BCUT2D eigenvalue weighted by atomic mass is 10.1. The van der Waals surface area contributed by atoms with Gasteiger partial charge in [-0.15, -0.1) is 0 Å². The number of sulfone groups is 2. The Kier molecular flexibility index (Phi) is 51.5. The van der Waals surface area contributed by atoms with Crippen molar-refractivity contribution in [2.75, 3.05) is 137 Å². The van der Waals surface area contributed by atoms with E-state index in [0.29, 0.717) is 21.2 Å². The summed E-state index contributed by atoms with van der Waals surface area (Å²) in [6.45, 7) is 15.0. The zero-order valence-corrected chi connectivity index (χ0v) is 71.0. The van der Waals surface area contributed by atoms with Crippen molar-refractivity contribution >= 4 is 83.6 Å². The van der Waals surface area contributed by atoms with Crippen LogP contribution in [0.1, 0.15) is 123 Å². The third-order valence-electron chi connectivity index (χ3n) is 14.7. The summed E-state index contributed by atoms with van der Waals surface area (Å²) in [6, 6.07) is 69.6. The number of hydrogen-bond acceptors (Lipinski definition) is 13. The van der Waals surface area contributed by atoms with Crippen molar-refractivity contribution in [3.05, 3.63) is 223 Å². The van der Waals surface area contributed by atoms with Gasteiger partial charge in [-0.25, -0.2) is 30.0 Å². The predicted octanol–water partition coefficient (Wildman–Crippen LogP) is 18.9. The molecule has 586 valence electrons. The Balaban J connectivity index is 0.000000622. The van der Waals surface area contributed by atoms with Crippen LogP contribution < -0.4 is 15.4 Å². The first kappa shape index (κ1) is 97.0. The number of hydrogen-bond donors (Lipinski definition) is 3. The number of nitrogens with zero attached hydrogens (tertiary/aromatic N) is 5. The molecule has 0 heterocycles. The first-order chi connectivity index (χ1) is 50.4. The molecule has 0 aliphatic rings. The third-order valence-corrected chi connectivity index (χ3v) is 19.9. The number of nitrogens with one attached hydrogen (secondary N) is 3. The SMILES string of the molecule is CCCCCCCS(=O)(=O)c1ccc2ccccc2c1.CCCCCNCc1ccc2ccccc2c1.CCCCCS(=O)(=O)c1ccc2ccccc2c1.CCCNCc1ccc2ccccc2c1.CCNS(=O)(=O)c1ccc2ccccc2c1.CN(C)C.CN(C)C.CN(C)C.CN(C)C.CN(C)C. The molecular formula is C89H136N8O6S3. The molecule has 0 spiro atoms. The Morgan fingerprint density at radius 2 is 0.519 bits per heavy atom. The Morgan fingerprint density at radius 3 is 0.840 bits per heavy atom. The third kappa shape index (κ3) is 45.0. The van der Waals surface area contributed by atoms with Gasteiger partial charge in [0.15, 0.2) is 19.7 Å². The molecule has 106 heavy (non-hydrogen) atoms. The van der Waals surface area contributed by atoms with Gasteiger partial charge in [0.25, 0.3) is 0 Å². The summed E-state index contributed by atoms with van der Waals surface area (Å²) in [5.41, 5.74) is 2.74. The van der Waals surface area contributed by atoms with Crippen molar-refractivity contribution in [1.29, 1.82) is 0 Å². The van der Waals surface area contributed by atoms with Crippen LogP contribution in [0.5, 0.6) is 0 Å². The maximum Gasteiger partial charge on any atom is 0.240 e. The van der Waals surface area contributed by atoms with Gasteiger partial charge >= 0.3 is 0 Å². The van der Waals surface area contributed by atoms with Gasteiger partial charge in [-0.05, 0) is 258 Å². The zero-order valence-electron chi connectivity index (χ0n) is 68.6. The molecule has 14 nitrogen and oxygen atoms in total. The number of rotatable bonds is 25. The zero-order chi connectivity index (χ0) is 79.4. The Morgan fingerprint density at radius 1 is 0.264 bits per heavy atom. The quantitative estimate of drug-likeness (QED) is 0.0466. The van der Waals surface area contributed by atoms with E-state index in [1.807, 2.05) is 221 Å². The van der Waals surface area contributed by atoms with Crippen LogP contribution in [0.25, 0.3) is 53.9 Å². The van der Waals surface area contributed by atoms with Gasteiger partial charge < -0.3 is 35.1 Å². The van der Waals surface area contributed by atoms with E-state index < -0.39 is 29.7 Å². The fourth-order valence-electron chi connectivity index (χ4n) is 9.84. The molecule has 0 saturated carbocycles. The number of benzene rings is 10. The summed E-state index contributed by atoms with van der Waals surface area (Å²) in [4.78, 5) is 11.2. The van der Waals surface area contributed by atoms with Crippen LogP contribution in [-0.4, -0.2) is 187 Å². The first-order valence-corrected chi connectivity index (χ1v) is 42.5. The van der Waals surface area contributed by atoms with E-state index in [1.165, 1.54) is 71.2 Å². The first-order valence-electron chi connectivity index (χ1n) is 37.7. The minimum Gasteiger partial charge on any atom is -0.313 e. The summed E-state index contributed by atoms with van der Waals surface area (Å²) < 4.78 is 74.9. The van der Waals surface area contributed by atoms with Gasteiger partial charge in [-0.1, -0.05) is 250 Å². The molecule has 0 aromatic heterocycles. The lowest BCUT2D eigenvalue weighted by molar-refractivity contribution is 0.505. The highest BCUT2D eigenvalue weighted by Crippen LogP contribution is 2.24. The van der Waals surface area contributed by atoms with Crippen molar-refractivity contribution in [2.45, 2.75) is 139 Å². The topological polar surface area (TPSA) is 155 Å². The largest absolute Gasteiger partial charge is 0.313 e. The van der Waals surface area contributed by atoms with E-state index in [4.69, 9.17) is 0 Å². The highest BCUT2D eigenvalue weighted by molar-refractivity contribution is 7.91. The standard InChI is InChI=1S/C17H22O2S.C16H21N.C15H18O2S.C14H17N.C12H13NO2S.5C3H9N/c1-2-3-4-5-8-13-20(18,19)17-12-11-15-9-6-7-10-16(15)14-17;1-2-3-6-11-17-13-14-9-10-15-7-4-5-8-16(15)12-14;1-2-3-6-11-18(16,17)15-10-9-13-7-4-5-8-14(13)12-15;1-2-9-15-11-12-7-8-13-5-3-4-6-14(13)10-12;1-2-13-16(14,15)12-8-7-10-5-3-4-6-11(10)9-12;5*1-4(2)3/h6-7,9-12,14H,2-5,8,13H2,1H3;4-5,7-10,12,17H,2-3,6,11,13H2,1H3;4-5,7-10,12H,2-3,6,11H2,1H3;3-8,10,15H,2,9,11H2,1H3;3-9,13H,2H2,1H3;5*1-3H3. The monoisotopic (exact) mass is 1510 g/mol. The smallest absolute Gasteiger partial charge is 0.240 e. The molecule has 0 unspecified atom stereocenters. The molecule has 10 aromatic rings. The molecular weight excluding hydrogens is 1370 g/mol. The van der Waals surface area contributed by atoms with Crippen molar-refractivity contribution in [1.82, 2.24) is 39.9 Å². The second kappa shape index (κ2) is 56.3. The fraction of sp³-hybridized carbons (Fsp3) is 0.438. The molecule has 0 aliphatic heterocycles. The van der Waals surface area contributed by atoms with Crippen LogP contribution in [-0.2, 0) is 42.8 Å². The molecule has 17 heteroatoms. The molecule has 10 rings (SSSR count). The summed E-state index contributed by atoms with van der Waals surface area (Å²) in [5.74, 6) is 0.508. The molecule has 10 aromatic carbocycles. The number of sulfonamides is 1. The van der Waals surface area contributed by atoms with Crippen molar-refractivity contribution in [3.63, 3.8) is 0 Å². The van der Waals surface area contributed by atoms with Gasteiger partial charge in [0.2, 0.25) is 10.0 Å². The van der Waals surface area contributed by atoms with Gasteiger partial charge in [0, 0.05) is 19.6 Å². The van der Waals surface area contributed by atoms with Gasteiger partial charge in [-0.3, -0.25) is 0 Å². The summed E-state index contributed by atoms with van der Waals surface area (Å²) in [6.07, 6.45) is 13.1. The molecule has 0 atom stereocenters. The van der Waals surface area contributed by atoms with Gasteiger partial charge in [0.05, 0.1) is 26.2 Å². The molecule has 0 aliphatic carbocycles. The van der Waals surface area contributed by atoms with Crippen LogP contribution in [0, 0.1) is 0 Å². The van der Waals surface area contributed by atoms with Crippen molar-refractivity contribution in [3.8, 4) is 0 Å². The summed E-state index contributed by atoms with van der Waals surface area (Å²) in [5, 5.41) is 18.3. The van der Waals surface area contributed by atoms with Crippen molar-refractivity contribution < 1.29 is 25.3 Å². The van der Waals surface area contributed by atoms with Gasteiger partial charge in [-0.2, -0.15) is 0 Å². The van der Waals surface area contributed by atoms with Crippen LogP contribution in [0.4, 0.5) is 0 Å². The Bertz CT molecular complexity index is 4250. The molecule has 0 bridgehead atoms. The fourth-order valence-corrected chi connectivity index (χ4v) is 13.7. The lowest BCUT2D eigenvalue weighted by Crippen LogP contribution is -2.22. The number of fused-ring (bicyclic) bond motifs is 5. The second-order valence-electron chi connectivity index (χ2n) is 28.4. The highest BCUT2D eigenvalue weighted by atomic mass is 32.2. The van der Waals surface area contributed by atoms with E-state index in [9.17, 15) is 25.3 Å². The number of unbranched alkanes of at least 4 members (excludes halogenated alkanes) is 8. The van der Waals surface area contributed by atoms with Crippen molar-refractivity contribution in [2.24, 2.45) is 0 Å².